The van der Waals surface area contributed by atoms with Gasteiger partial charge in [-0.2, -0.15) is 0 Å². The third-order valence-corrected chi connectivity index (χ3v) is 4.36. The number of nitrogens with two attached hydrogens (primary N) is 1. The molecule has 0 amide bonds. The van der Waals surface area contributed by atoms with Crippen LogP contribution in [0.25, 0.3) is 0 Å². The number of benzene rings is 2. The van der Waals surface area contributed by atoms with Crippen LogP contribution in [-0.4, -0.2) is 16.6 Å². The van der Waals surface area contributed by atoms with Crippen molar-refractivity contribution in [1.82, 2.24) is 0 Å². The first-order valence-electron chi connectivity index (χ1n) is 6.58. The number of anilines is 1. The molecular weight excluding hydrogens is 270 g/mol. The summed E-state index contributed by atoms with van der Waals surface area (Å²) in [7, 11) is -0.953. The number of ether oxygens (including phenoxy) is 1. The highest BCUT2D eigenvalue weighted by atomic mass is 32.2. The maximum absolute atomic E-state index is 12.1. The largest absolute Gasteiger partial charge is 0.494 e. The Kier molecular flexibility index (Phi) is 5.18. The predicted octanol–water partition coefficient (Wildman–Crippen LogP) is 3.15. The normalized spacial score (nSPS) is 12.1. The molecule has 2 aromatic carbocycles. The van der Waals surface area contributed by atoms with E-state index in [1.807, 2.05) is 43.3 Å². The topological polar surface area (TPSA) is 52.3 Å². The Morgan fingerprint density at radius 1 is 1.05 bits per heavy atom. The molecule has 0 aromatic heterocycles. The van der Waals surface area contributed by atoms with E-state index in [0.29, 0.717) is 12.4 Å². The van der Waals surface area contributed by atoms with E-state index in [1.54, 1.807) is 12.1 Å². The quantitative estimate of drug-likeness (QED) is 0.656. The van der Waals surface area contributed by atoms with Crippen LogP contribution in [-0.2, 0) is 10.8 Å². The van der Waals surface area contributed by atoms with E-state index in [2.05, 4.69) is 0 Å². The molecule has 0 aliphatic rings. The van der Waals surface area contributed by atoms with E-state index < -0.39 is 10.8 Å². The molecule has 0 spiro atoms. The van der Waals surface area contributed by atoms with Crippen molar-refractivity contribution in [3.63, 3.8) is 0 Å². The van der Waals surface area contributed by atoms with Crippen LogP contribution in [0.5, 0.6) is 5.75 Å². The van der Waals surface area contributed by atoms with Gasteiger partial charge in [0.2, 0.25) is 0 Å². The number of hydrogen-bond donors (Lipinski definition) is 1. The van der Waals surface area contributed by atoms with Gasteiger partial charge < -0.3 is 10.5 Å². The zero-order valence-electron chi connectivity index (χ0n) is 11.5. The van der Waals surface area contributed by atoms with Crippen molar-refractivity contribution >= 4 is 16.5 Å². The van der Waals surface area contributed by atoms with E-state index in [0.717, 1.165) is 22.8 Å². The number of nitrogen functional groups attached to an aromatic ring is 1. The van der Waals surface area contributed by atoms with Crippen LogP contribution in [0.15, 0.2) is 53.4 Å². The molecule has 1 unspecified atom stereocenters. The second-order valence-electron chi connectivity index (χ2n) is 4.63. The average molecular weight is 289 g/mol. The maximum Gasteiger partial charge on any atom is 0.119 e. The van der Waals surface area contributed by atoms with Crippen molar-refractivity contribution in [2.24, 2.45) is 0 Å². The Bertz CT molecular complexity index is 564. The van der Waals surface area contributed by atoms with Crippen LogP contribution in [0.3, 0.4) is 0 Å². The van der Waals surface area contributed by atoms with Gasteiger partial charge in [0.25, 0.3) is 0 Å². The van der Waals surface area contributed by atoms with E-state index >= 15 is 0 Å². The monoisotopic (exact) mass is 289 g/mol. The molecule has 106 valence electrons. The van der Waals surface area contributed by atoms with Gasteiger partial charge in [-0.05, 0) is 49.7 Å². The highest BCUT2D eigenvalue weighted by Crippen LogP contribution is 2.14. The second-order valence-corrected chi connectivity index (χ2v) is 6.20. The fourth-order valence-corrected chi connectivity index (χ4v) is 2.81. The second kappa shape index (κ2) is 7.10. The van der Waals surface area contributed by atoms with Gasteiger partial charge in [-0.1, -0.05) is 17.7 Å². The molecule has 20 heavy (non-hydrogen) atoms. The Morgan fingerprint density at radius 2 is 1.70 bits per heavy atom. The van der Waals surface area contributed by atoms with Gasteiger partial charge in [-0.3, -0.25) is 4.21 Å². The summed E-state index contributed by atoms with van der Waals surface area (Å²) in [6.07, 6.45) is 0.755. The lowest BCUT2D eigenvalue weighted by atomic mass is 10.2. The molecule has 2 N–H and O–H groups in total. The third-order valence-electron chi connectivity index (χ3n) is 2.91. The molecule has 4 heteroatoms. The molecule has 2 rings (SSSR count). The molecule has 3 nitrogen and oxygen atoms in total. The van der Waals surface area contributed by atoms with E-state index in [1.165, 1.54) is 5.56 Å². The average Bonchev–Trinajstić information content (AvgIpc) is 2.46. The van der Waals surface area contributed by atoms with E-state index in [4.69, 9.17) is 10.5 Å². The third kappa shape index (κ3) is 4.38. The number of aryl methyl sites for hydroxylation is 1. The highest BCUT2D eigenvalue weighted by molar-refractivity contribution is 7.85. The number of rotatable bonds is 6. The molecule has 0 heterocycles. The lowest BCUT2D eigenvalue weighted by Gasteiger charge is -2.06. The highest BCUT2D eigenvalue weighted by Gasteiger charge is 2.03. The summed E-state index contributed by atoms with van der Waals surface area (Å²) in [5.74, 6) is 1.40. The van der Waals surface area contributed by atoms with Crippen LogP contribution in [0.2, 0.25) is 0 Å². The van der Waals surface area contributed by atoms with Crippen LogP contribution in [0.4, 0.5) is 5.69 Å². The molecule has 0 radical (unpaired) electrons. The van der Waals surface area contributed by atoms with Crippen LogP contribution in [0.1, 0.15) is 12.0 Å². The molecular formula is C16H19NO2S. The van der Waals surface area contributed by atoms with Crippen molar-refractivity contribution in [2.45, 2.75) is 18.2 Å². The minimum absolute atomic E-state index is 0.557. The van der Waals surface area contributed by atoms with Crippen molar-refractivity contribution < 1.29 is 8.95 Å². The Hall–Kier alpha value is -1.81. The molecule has 1 atom stereocenters. The number of hydrogen-bond acceptors (Lipinski definition) is 3. The van der Waals surface area contributed by atoms with Gasteiger partial charge in [-0.25, -0.2) is 0 Å². The lowest BCUT2D eigenvalue weighted by molar-refractivity contribution is 0.318. The Labute approximate surface area is 122 Å². The minimum atomic E-state index is -0.953. The van der Waals surface area contributed by atoms with Crippen LogP contribution in [0, 0.1) is 6.92 Å². The van der Waals surface area contributed by atoms with Crippen molar-refractivity contribution in [3.8, 4) is 5.75 Å². The summed E-state index contributed by atoms with van der Waals surface area (Å²) in [5, 5.41) is 0. The van der Waals surface area contributed by atoms with Crippen LogP contribution < -0.4 is 10.5 Å². The van der Waals surface area contributed by atoms with Gasteiger partial charge in [0.05, 0.1) is 17.4 Å². The van der Waals surface area contributed by atoms with Gasteiger partial charge >= 0.3 is 0 Å². The van der Waals surface area contributed by atoms with Gasteiger partial charge in [0, 0.05) is 16.3 Å². The van der Waals surface area contributed by atoms with Gasteiger partial charge in [0.15, 0.2) is 0 Å². The van der Waals surface area contributed by atoms with Gasteiger partial charge in [-0.15, -0.1) is 0 Å². The fourth-order valence-electron chi connectivity index (χ4n) is 1.75. The molecule has 0 aliphatic heterocycles. The van der Waals surface area contributed by atoms with Crippen molar-refractivity contribution in [3.05, 3.63) is 54.1 Å². The standard InChI is InChI=1S/C16H19NO2S/c1-13-3-9-16(10-4-13)20(18)12-2-11-19-15-7-5-14(17)6-8-15/h3-10H,2,11-12,17H2,1H3. The first-order valence-corrected chi connectivity index (χ1v) is 7.90. The van der Waals surface area contributed by atoms with Crippen LogP contribution >= 0.6 is 0 Å². The summed E-state index contributed by atoms with van der Waals surface area (Å²) >= 11 is 0. The molecule has 0 saturated carbocycles. The van der Waals surface area contributed by atoms with Crippen molar-refractivity contribution in [2.75, 3.05) is 18.1 Å². The molecule has 0 fully saturated rings. The van der Waals surface area contributed by atoms with E-state index in [-0.39, 0.29) is 0 Å². The summed E-state index contributed by atoms with van der Waals surface area (Å²) in [4.78, 5) is 0.878. The zero-order chi connectivity index (χ0) is 14.4. The smallest absolute Gasteiger partial charge is 0.119 e. The Morgan fingerprint density at radius 3 is 2.35 bits per heavy atom. The van der Waals surface area contributed by atoms with Gasteiger partial charge in [0.1, 0.15) is 5.75 Å². The first kappa shape index (κ1) is 14.6. The first-order chi connectivity index (χ1) is 9.65. The Balaban J connectivity index is 1.74. The summed E-state index contributed by atoms with van der Waals surface area (Å²) < 4.78 is 17.6. The van der Waals surface area contributed by atoms with Crippen molar-refractivity contribution in [1.29, 1.82) is 0 Å². The summed E-state index contributed by atoms with van der Waals surface area (Å²) in [6.45, 7) is 2.58. The molecule has 0 aliphatic carbocycles. The predicted molar refractivity (Wildman–Crippen MR) is 83.4 cm³/mol. The summed E-state index contributed by atoms with van der Waals surface area (Å²) in [5.41, 5.74) is 7.50. The SMILES string of the molecule is Cc1ccc(S(=O)CCCOc2ccc(N)cc2)cc1. The van der Waals surface area contributed by atoms with E-state index in [9.17, 15) is 4.21 Å². The molecule has 2 aromatic rings. The lowest BCUT2D eigenvalue weighted by Crippen LogP contribution is -2.05. The minimum Gasteiger partial charge on any atom is -0.494 e. The zero-order valence-corrected chi connectivity index (χ0v) is 12.4. The summed E-state index contributed by atoms with van der Waals surface area (Å²) in [6, 6.07) is 15.1. The molecule has 0 saturated heterocycles. The maximum atomic E-state index is 12.1. The molecule has 0 bridgehead atoms. The fraction of sp³-hybridized carbons (Fsp3) is 0.250.